The van der Waals surface area contributed by atoms with Gasteiger partial charge in [-0.15, -0.1) is 11.3 Å². The van der Waals surface area contributed by atoms with Crippen molar-refractivity contribution in [2.45, 2.75) is 0 Å². The second-order valence-electron chi connectivity index (χ2n) is 6.36. The number of rotatable bonds is 5. The lowest BCUT2D eigenvalue weighted by Crippen LogP contribution is -1.84. The first-order chi connectivity index (χ1) is 14.9. The summed E-state index contributed by atoms with van der Waals surface area (Å²) in [6, 6.07) is 1.96. The Hall–Kier alpha value is -4.25. The first kappa shape index (κ1) is 16.7. The van der Waals surface area contributed by atoms with E-state index in [-0.39, 0.29) is 0 Å². The van der Waals surface area contributed by atoms with Crippen LogP contribution in [0.15, 0.2) is 63.9 Å². The van der Waals surface area contributed by atoms with Crippen molar-refractivity contribution in [3.63, 3.8) is 0 Å². The highest BCUT2D eigenvalue weighted by molar-refractivity contribution is 7.13. The van der Waals surface area contributed by atoms with E-state index in [0.717, 1.165) is 27.4 Å². The number of thiazole rings is 1. The number of hydrogen-bond donors (Lipinski definition) is 3. The number of oxazole rings is 1. The molecule has 0 unspecified atom stereocenters. The predicted octanol–water partition coefficient (Wildman–Crippen LogP) is 4.23. The van der Waals surface area contributed by atoms with Crippen LogP contribution in [0.25, 0.3) is 56.2 Å². The molecule has 11 heteroatoms. The molecule has 0 saturated carbocycles. The van der Waals surface area contributed by atoms with Crippen LogP contribution >= 0.6 is 11.3 Å². The van der Waals surface area contributed by atoms with Crippen LogP contribution in [-0.2, 0) is 0 Å². The first-order valence-electron chi connectivity index (χ1n) is 8.89. The highest BCUT2D eigenvalue weighted by Crippen LogP contribution is 2.34. The van der Waals surface area contributed by atoms with Crippen LogP contribution in [0.2, 0.25) is 0 Å². The molecule has 0 bridgehead atoms. The summed E-state index contributed by atoms with van der Waals surface area (Å²) in [5, 5.41) is 13.9. The van der Waals surface area contributed by atoms with Crippen LogP contribution < -0.4 is 0 Å². The Bertz CT molecular complexity index is 1300. The molecule has 0 aliphatic rings. The third-order valence-corrected chi connectivity index (χ3v) is 5.37. The van der Waals surface area contributed by atoms with Crippen molar-refractivity contribution < 1.29 is 8.94 Å². The van der Waals surface area contributed by atoms with Crippen molar-refractivity contribution in [3.8, 4) is 56.2 Å². The number of hydrogen-bond acceptors (Lipinski definition) is 8. The lowest BCUT2D eigenvalue weighted by atomic mass is 10.1. The van der Waals surface area contributed by atoms with Crippen LogP contribution in [0.3, 0.4) is 0 Å². The number of nitrogens with one attached hydrogen (secondary N) is 3. The van der Waals surface area contributed by atoms with Gasteiger partial charge in [-0.05, 0) is 6.07 Å². The number of nitrogens with zero attached hydrogens (tertiary/aromatic N) is 5. The highest BCUT2D eigenvalue weighted by atomic mass is 32.1. The fourth-order valence-electron chi connectivity index (χ4n) is 3.17. The summed E-state index contributed by atoms with van der Waals surface area (Å²) in [7, 11) is 0. The maximum atomic E-state index is 5.67. The summed E-state index contributed by atoms with van der Waals surface area (Å²) in [5.74, 6) is 1.04. The Kier molecular flexibility index (Phi) is 3.71. The van der Waals surface area contributed by atoms with E-state index in [2.05, 4.69) is 40.3 Å². The summed E-state index contributed by atoms with van der Waals surface area (Å²) in [6.07, 6.45) is 12.0. The molecule has 6 rings (SSSR count). The Morgan fingerprint density at radius 3 is 2.93 bits per heavy atom. The van der Waals surface area contributed by atoms with Crippen LogP contribution in [0, 0.1) is 0 Å². The van der Waals surface area contributed by atoms with Gasteiger partial charge >= 0.3 is 0 Å². The maximum Gasteiger partial charge on any atom is 0.245 e. The van der Waals surface area contributed by atoms with Crippen LogP contribution in [0.4, 0.5) is 0 Å². The van der Waals surface area contributed by atoms with Crippen molar-refractivity contribution in [2.75, 3.05) is 0 Å². The molecule has 0 aliphatic heterocycles. The Balaban J connectivity index is 1.34. The third-order valence-electron chi connectivity index (χ3n) is 4.57. The molecule has 0 saturated heterocycles. The molecule has 0 amide bonds. The SMILES string of the molecule is c1csc(-c2conc2-c2coc(-c3cnc(-c4cn[nH]c4-c4cc[nH]c4)[nH]3)n2)n1. The van der Waals surface area contributed by atoms with Gasteiger partial charge in [-0.25, -0.2) is 15.0 Å². The molecule has 0 radical (unpaired) electrons. The van der Waals surface area contributed by atoms with E-state index in [0.29, 0.717) is 28.8 Å². The number of aromatic nitrogens is 8. The van der Waals surface area contributed by atoms with E-state index in [4.69, 9.17) is 8.94 Å². The Morgan fingerprint density at radius 1 is 1.07 bits per heavy atom. The molecular formula is C19H12N8O2S. The molecule has 10 nitrogen and oxygen atoms in total. The van der Waals surface area contributed by atoms with Crippen molar-refractivity contribution in [1.82, 2.24) is 40.3 Å². The molecule has 0 spiro atoms. The number of aromatic amines is 3. The predicted molar refractivity (Wildman–Crippen MR) is 108 cm³/mol. The van der Waals surface area contributed by atoms with E-state index >= 15 is 0 Å². The van der Waals surface area contributed by atoms with E-state index in [9.17, 15) is 0 Å². The van der Waals surface area contributed by atoms with Gasteiger partial charge in [0.05, 0.1) is 29.2 Å². The molecule has 0 aliphatic carbocycles. The second-order valence-corrected chi connectivity index (χ2v) is 7.25. The van der Waals surface area contributed by atoms with Gasteiger partial charge in [0.15, 0.2) is 0 Å². The summed E-state index contributed by atoms with van der Waals surface area (Å²) in [5.41, 5.74) is 5.22. The molecule has 6 aromatic heterocycles. The van der Waals surface area contributed by atoms with Gasteiger partial charge in [0.2, 0.25) is 5.89 Å². The normalized spacial score (nSPS) is 11.3. The van der Waals surface area contributed by atoms with Crippen LogP contribution in [0.1, 0.15) is 0 Å². The number of H-pyrrole nitrogens is 3. The molecule has 6 aromatic rings. The van der Waals surface area contributed by atoms with Gasteiger partial charge in [-0.1, -0.05) is 5.16 Å². The summed E-state index contributed by atoms with van der Waals surface area (Å²) < 4.78 is 10.8. The van der Waals surface area contributed by atoms with Gasteiger partial charge in [0, 0.05) is 29.5 Å². The standard InChI is InChI=1S/C19H12N8O2S/c1-2-20-5-10(1)15-11(6-23-26-15)17-22-7-13(24-17)18-25-14(9-28-18)16-12(8-29-27-16)19-21-3-4-30-19/h1-9,20H,(H,22,24)(H,23,26). The van der Waals surface area contributed by atoms with Gasteiger partial charge in [0.1, 0.15) is 40.4 Å². The van der Waals surface area contributed by atoms with E-state index in [1.54, 1.807) is 24.9 Å². The second kappa shape index (κ2) is 6.67. The zero-order valence-corrected chi connectivity index (χ0v) is 16.0. The molecule has 3 N–H and O–H groups in total. The lowest BCUT2D eigenvalue weighted by molar-refractivity contribution is 0.422. The zero-order chi connectivity index (χ0) is 19.9. The molecule has 0 fully saturated rings. The minimum absolute atomic E-state index is 0.392. The van der Waals surface area contributed by atoms with Gasteiger partial charge in [-0.2, -0.15) is 5.10 Å². The molecule has 146 valence electrons. The lowest BCUT2D eigenvalue weighted by Gasteiger charge is -1.97. The van der Waals surface area contributed by atoms with Crippen molar-refractivity contribution in [3.05, 3.63) is 55.0 Å². The fraction of sp³-hybridized carbons (Fsp3) is 0. The Morgan fingerprint density at radius 2 is 2.07 bits per heavy atom. The Labute approximate surface area is 172 Å². The largest absolute Gasteiger partial charge is 0.443 e. The van der Waals surface area contributed by atoms with Gasteiger partial charge < -0.3 is 18.9 Å². The quantitative estimate of drug-likeness (QED) is 0.382. The summed E-state index contributed by atoms with van der Waals surface area (Å²) in [6.45, 7) is 0. The van der Waals surface area contributed by atoms with E-state index in [1.165, 1.54) is 17.6 Å². The molecule has 6 heterocycles. The average Bonchev–Trinajstić information content (AvgIpc) is 3.61. The van der Waals surface area contributed by atoms with E-state index < -0.39 is 0 Å². The molecule has 30 heavy (non-hydrogen) atoms. The van der Waals surface area contributed by atoms with Crippen molar-refractivity contribution in [2.24, 2.45) is 0 Å². The minimum Gasteiger partial charge on any atom is -0.443 e. The monoisotopic (exact) mass is 416 g/mol. The minimum atomic E-state index is 0.392. The van der Waals surface area contributed by atoms with Gasteiger partial charge in [0.25, 0.3) is 0 Å². The van der Waals surface area contributed by atoms with Crippen LogP contribution in [-0.4, -0.2) is 40.3 Å². The zero-order valence-electron chi connectivity index (χ0n) is 15.2. The first-order valence-corrected chi connectivity index (χ1v) is 9.77. The average molecular weight is 416 g/mol. The topological polar surface area (TPSA) is 138 Å². The smallest absolute Gasteiger partial charge is 0.245 e. The summed E-state index contributed by atoms with van der Waals surface area (Å²) in [4.78, 5) is 19.6. The summed E-state index contributed by atoms with van der Waals surface area (Å²) >= 11 is 1.50. The highest BCUT2D eigenvalue weighted by Gasteiger charge is 2.20. The molecular weight excluding hydrogens is 404 g/mol. The molecule has 0 aromatic carbocycles. The van der Waals surface area contributed by atoms with Crippen LogP contribution in [0.5, 0.6) is 0 Å². The van der Waals surface area contributed by atoms with Crippen molar-refractivity contribution in [1.29, 1.82) is 0 Å². The van der Waals surface area contributed by atoms with Crippen molar-refractivity contribution >= 4 is 11.3 Å². The number of imidazole rings is 1. The molecule has 0 atom stereocenters. The third kappa shape index (κ3) is 2.68. The fourth-order valence-corrected chi connectivity index (χ4v) is 3.81. The van der Waals surface area contributed by atoms with E-state index in [1.807, 2.05) is 23.8 Å². The van der Waals surface area contributed by atoms with Gasteiger partial charge in [-0.3, -0.25) is 5.10 Å². The maximum absolute atomic E-state index is 5.67.